The number of allylic oxidation sites excluding steroid dienone is 1. The fourth-order valence-electron chi connectivity index (χ4n) is 1.65. The molecule has 0 fully saturated rings. The molecule has 0 aliphatic carbocycles. The summed E-state index contributed by atoms with van der Waals surface area (Å²) in [7, 11) is 0. The summed E-state index contributed by atoms with van der Waals surface area (Å²) in [4.78, 5) is 22.7. The Labute approximate surface area is 115 Å². The summed E-state index contributed by atoms with van der Waals surface area (Å²) in [6.45, 7) is 0. The lowest BCUT2D eigenvalue weighted by molar-refractivity contribution is 0.0697. The van der Waals surface area contributed by atoms with Crippen molar-refractivity contribution < 1.29 is 19.1 Å². The van der Waals surface area contributed by atoms with Crippen molar-refractivity contribution in [2.24, 2.45) is 0 Å². The van der Waals surface area contributed by atoms with E-state index in [4.69, 9.17) is 5.11 Å². The minimum Gasteiger partial charge on any atom is -0.478 e. The fraction of sp³-hybridized carbons (Fsp3) is 0. The van der Waals surface area contributed by atoms with Crippen molar-refractivity contribution in [2.75, 3.05) is 0 Å². The van der Waals surface area contributed by atoms with E-state index in [-0.39, 0.29) is 17.2 Å². The Morgan fingerprint density at radius 2 is 1.65 bits per heavy atom. The molecule has 2 aromatic carbocycles. The van der Waals surface area contributed by atoms with E-state index < -0.39 is 5.97 Å². The molecule has 0 amide bonds. The molecule has 0 unspecified atom stereocenters. The molecule has 0 saturated carbocycles. The fourth-order valence-corrected chi connectivity index (χ4v) is 1.65. The number of benzene rings is 2. The van der Waals surface area contributed by atoms with E-state index in [2.05, 4.69) is 0 Å². The number of hydrogen-bond acceptors (Lipinski definition) is 2. The maximum atomic E-state index is 12.7. The van der Waals surface area contributed by atoms with Crippen LogP contribution in [0.3, 0.4) is 0 Å². The van der Waals surface area contributed by atoms with Crippen LogP contribution in [0.1, 0.15) is 26.3 Å². The highest BCUT2D eigenvalue weighted by Crippen LogP contribution is 2.09. The first kappa shape index (κ1) is 13.7. The van der Waals surface area contributed by atoms with Crippen molar-refractivity contribution in [2.45, 2.75) is 0 Å². The molecule has 0 aliphatic heterocycles. The number of halogens is 1. The SMILES string of the molecule is O=C(O)c1cccc(C(=O)C=Cc2ccc(F)cc2)c1. The van der Waals surface area contributed by atoms with E-state index in [1.165, 1.54) is 36.4 Å². The van der Waals surface area contributed by atoms with Crippen LogP contribution in [0.5, 0.6) is 0 Å². The van der Waals surface area contributed by atoms with Gasteiger partial charge in [-0.25, -0.2) is 9.18 Å². The third kappa shape index (κ3) is 3.38. The van der Waals surface area contributed by atoms with E-state index >= 15 is 0 Å². The van der Waals surface area contributed by atoms with Gasteiger partial charge in [-0.2, -0.15) is 0 Å². The second-order valence-electron chi connectivity index (χ2n) is 4.14. The molecule has 0 aliphatic rings. The number of carboxylic acids is 1. The number of carbonyl (C=O) groups is 2. The summed E-state index contributed by atoms with van der Waals surface area (Å²) >= 11 is 0. The second kappa shape index (κ2) is 5.93. The number of rotatable bonds is 4. The lowest BCUT2D eigenvalue weighted by Crippen LogP contribution is -2.00. The highest BCUT2D eigenvalue weighted by Gasteiger charge is 2.06. The van der Waals surface area contributed by atoms with Crippen LogP contribution in [0.15, 0.2) is 54.6 Å². The van der Waals surface area contributed by atoms with Crippen LogP contribution in [0, 0.1) is 5.82 Å². The predicted molar refractivity (Wildman–Crippen MR) is 73.2 cm³/mol. The molecule has 0 heterocycles. The zero-order valence-electron chi connectivity index (χ0n) is 10.4. The van der Waals surface area contributed by atoms with Crippen molar-refractivity contribution >= 4 is 17.8 Å². The zero-order chi connectivity index (χ0) is 14.5. The first-order chi connectivity index (χ1) is 9.56. The Morgan fingerprint density at radius 1 is 1.00 bits per heavy atom. The molecule has 0 aromatic heterocycles. The van der Waals surface area contributed by atoms with Gasteiger partial charge in [0.1, 0.15) is 5.82 Å². The molecule has 0 atom stereocenters. The van der Waals surface area contributed by atoms with Gasteiger partial charge in [0.15, 0.2) is 5.78 Å². The smallest absolute Gasteiger partial charge is 0.335 e. The Hall–Kier alpha value is -2.75. The molecule has 1 N–H and O–H groups in total. The van der Waals surface area contributed by atoms with Gasteiger partial charge < -0.3 is 5.11 Å². The number of ketones is 1. The Morgan fingerprint density at radius 3 is 2.30 bits per heavy atom. The van der Waals surface area contributed by atoms with Crippen molar-refractivity contribution in [3.8, 4) is 0 Å². The molecular formula is C16H11FO3. The summed E-state index contributed by atoms with van der Waals surface area (Å²) in [5, 5.41) is 8.86. The van der Waals surface area contributed by atoms with Gasteiger partial charge in [0.25, 0.3) is 0 Å². The topological polar surface area (TPSA) is 54.4 Å². The number of hydrogen-bond donors (Lipinski definition) is 1. The summed E-state index contributed by atoms with van der Waals surface area (Å²) < 4.78 is 12.7. The Bertz CT molecular complexity index is 672. The molecule has 4 heteroatoms. The number of aromatic carboxylic acids is 1. The van der Waals surface area contributed by atoms with Crippen LogP contribution in [-0.2, 0) is 0 Å². The maximum Gasteiger partial charge on any atom is 0.335 e. The van der Waals surface area contributed by atoms with Crippen molar-refractivity contribution in [1.82, 2.24) is 0 Å². The average Bonchev–Trinajstić information content (AvgIpc) is 2.46. The predicted octanol–water partition coefficient (Wildman–Crippen LogP) is 3.42. The standard InChI is InChI=1S/C16H11FO3/c17-14-7-4-11(5-8-14)6-9-15(18)12-2-1-3-13(10-12)16(19)20/h1-10H,(H,19,20). The highest BCUT2D eigenvalue weighted by molar-refractivity contribution is 6.07. The molecule has 0 saturated heterocycles. The molecule has 3 nitrogen and oxygen atoms in total. The van der Waals surface area contributed by atoms with E-state index in [1.54, 1.807) is 24.3 Å². The van der Waals surface area contributed by atoms with Crippen molar-refractivity contribution in [3.63, 3.8) is 0 Å². The van der Waals surface area contributed by atoms with Gasteiger partial charge in [-0.1, -0.05) is 30.3 Å². The summed E-state index contributed by atoms with van der Waals surface area (Å²) in [5.41, 5.74) is 1.04. The molecule has 20 heavy (non-hydrogen) atoms. The highest BCUT2D eigenvalue weighted by atomic mass is 19.1. The largest absolute Gasteiger partial charge is 0.478 e. The van der Waals surface area contributed by atoms with Gasteiger partial charge in [0, 0.05) is 5.56 Å². The van der Waals surface area contributed by atoms with Crippen LogP contribution in [0.25, 0.3) is 6.08 Å². The zero-order valence-corrected chi connectivity index (χ0v) is 10.4. The third-order valence-electron chi connectivity index (χ3n) is 2.69. The van der Waals surface area contributed by atoms with Crippen LogP contribution in [0.4, 0.5) is 4.39 Å². The average molecular weight is 270 g/mol. The van der Waals surface area contributed by atoms with E-state index in [9.17, 15) is 14.0 Å². The van der Waals surface area contributed by atoms with Gasteiger partial charge in [-0.05, 0) is 35.9 Å². The lowest BCUT2D eigenvalue weighted by Gasteiger charge is -1.98. The van der Waals surface area contributed by atoms with Gasteiger partial charge in [-0.15, -0.1) is 0 Å². The van der Waals surface area contributed by atoms with E-state index in [1.807, 2.05) is 0 Å². The molecule has 2 rings (SSSR count). The molecule has 100 valence electrons. The van der Waals surface area contributed by atoms with E-state index in [0.29, 0.717) is 11.1 Å². The third-order valence-corrected chi connectivity index (χ3v) is 2.69. The first-order valence-corrected chi connectivity index (χ1v) is 5.87. The number of carboxylic acid groups (broad SMARTS) is 1. The van der Waals surface area contributed by atoms with Gasteiger partial charge in [0.2, 0.25) is 0 Å². The minimum absolute atomic E-state index is 0.0611. The van der Waals surface area contributed by atoms with Gasteiger partial charge in [0.05, 0.1) is 5.56 Å². The van der Waals surface area contributed by atoms with Crippen LogP contribution in [0.2, 0.25) is 0 Å². The van der Waals surface area contributed by atoms with Crippen LogP contribution >= 0.6 is 0 Å². The van der Waals surface area contributed by atoms with Crippen LogP contribution in [-0.4, -0.2) is 16.9 Å². The number of carbonyl (C=O) groups excluding carboxylic acids is 1. The van der Waals surface area contributed by atoms with E-state index in [0.717, 1.165) is 0 Å². The summed E-state index contributed by atoms with van der Waals surface area (Å²) in [5.74, 6) is -1.73. The van der Waals surface area contributed by atoms with Crippen molar-refractivity contribution in [3.05, 3.63) is 77.1 Å². The molecule has 2 aromatic rings. The molecule has 0 spiro atoms. The quantitative estimate of drug-likeness (QED) is 0.684. The lowest BCUT2D eigenvalue weighted by atomic mass is 10.1. The normalized spacial score (nSPS) is 10.7. The van der Waals surface area contributed by atoms with Gasteiger partial charge >= 0.3 is 5.97 Å². The van der Waals surface area contributed by atoms with Gasteiger partial charge in [-0.3, -0.25) is 4.79 Å². The molecule has 0 radical (unpaired) electrons. The Kier molecular flexibility index (Phi) is 4.05. The van der Waals surface area contributed by atoms with Crippen LogP contribution < -0.4 is 0 Å². The monoisotopic (exact) mass is 270 g/mol. The molecule has 0 bridgehead atoms. The first-order valence-electron chi connectivity index (χ1n) is 5.87. The maximum absolute atomic E-state index is 12.7. The minimum atomic E-state index is -1.08. The second-order valence-corrected chi connectivity index (χ2v) is 4.14. The Balaban J connectivity index is 2.17. The summed E-state index contributed by atoms with van der Waals surface area (Å²) in [6.07, 6.45) is 2.88. The molecular weight excluding hydrogens is 259 g/mol. The summed E-state index contributed by atoms with van der Waals surface area (Å²) in [6, 6.07) is 11.5. The van der Waals surface area contributed by atoms with Crippen molar-refractivity contribution in [1.29, 1.82) is 0 Å².